The van der Waals surface area contributed by atoms with Crippen molar-refractivity contribution in [3.05, 3.63) is 70.2 Å². The minimum Gasteiger partial charge on any atom is -0.363 e. The summed E-state index contributed by atoms with van der Waals surface area (Å²) in [5, 5.41) is 5.97. The quantitative estimate of drug-likeness (QED) is 0.436. The van der Waals surface area contributed by atoms with Gasteiger partial charge in [-0.05, 0) is 42.0 Å². The number of halogens is 1. The largest absolute Gasteiger partial charge is 0.363 e. The Morgan fingerprint density at radius 3 is 2.21 bits per heavy atom. The number of Topliss-reactive ketones (excluding diaryl/α,β-unsaturated/α-hetero) is 1. The molecule has 0 radical (unpaired) electrons. The first kappa shape index (κ1) is 26.1. The van der Waals surface area contributed by atoms with Gasteiger partial charge in [0.2, 0.25) is 17.6 Å². The van der Waals surface area contributed by atoms with E-state index in [-0.39, 0.29) is 24.7 Å². The summed E-state index contributed by atoms with van der Waals surface area (Å²) in [7, 11) is 0. The number of nitrogens with one attached hydrogen (secondary N) is 2. The van der Waals surface area contributed by atoms with Crippen molar-refractivity contribution in [1.82, 2.24) is 10.6 Å². The molecule has 0 aromatic heterocycles. The Morgan fingerprint density at radius 2 is 1.64 bits per heavy atom. The van der Waals surface area contributed by atoms with E-state index in [1.807, 2.05) is 31.2 Å². The van der Waals surface area contributed by atoms with Crippen molar-refractivity contribution in [2.45, 2.75) is 52.1 Å². The molecule has 0 bridgehead atoms. The van der Waals surface area contributed by atoms with Crippen molar-refractivity contribution in [3.63, 3.8) is 0 Å². The van der Waals surface area contributed by atoms with E-state index in [9.17, 15) is 19.2 Å². The minimum absolute atomic E-state index is 0.112. The molecule has 1 unspecified atom stereocenters. The standard InChI is InChI=1S/C25H30ClN3O4/c1-15(2)22(29-21(30)12-11-18-10-9-16(3)19(26)13-18)25(33)28-20(23(31)24(27)32)14-17-7-5-4-6-8-17/h4-10,13,15,20,22H,11-12,14H2,1-3H3,(H2,27,32)(H,28,33)(H,29,30)/t20?,22-/m0/s1. The maximum Gasteiger partial charge on any atom is 0.287 e. The molecular formula is C25H30ClN3O4. The molecule has 2 atom stereocenters. The first-order chi connectivity index (χ1) is 15.6. The van der Waals surface area contributed by atoms with Crippen molar-refractivity contribution in [2.24, 2.45) is 11.7 Å². The van der Waals surface area contributed by atoms with Crippen LogP contribution in [0.5, 0.6) is 0 Å². The summed E-state index contributed by atoms with van der Waals surface area (Å²) >= 11 is 6.14. The monoisotopic (exact) mass is 471 g/mol. The highest BCUT2D eigenvalue weighted by Crippen LogP contribution is 2.17. The molecule has 3 amide bonds. The molecule has 2 aromatic carbocycles. The van der Waals surface area contributed by atoms with E-state index in [0.29, 0.717) is 11.4 Å². The van der Waals surface area contributed by atoms with Crippen LogP contribution in [0.25, 0.3) is 0 Å². The Balaban J connectivity index is 2.04. The molecule has 0 heterocycles. The highest BCUT2D eigenvalue weighted by Gasteiger charge is 2.30. The molecule has 0 aliphatic heterocycles. The molecule has 33 heavy (non-hydrogen) atoms. The van der Waals surface area contributed by atoms with Gasteiger partial charge in [0.05, 0.1) is 0 Å². The van der Waals surface area contributed by atoms with Gasteiger partial charge in [-0.2, -0.15) is 0 Å². The summed E-state index contributed by atoms with van der Waals surface area (Å²) in [5.74, 6) is -3.12. The Kier molecular flexibility index (Phi) is 9.60. The van der Waals surface area contributed by atoms with Gasteiger partial charge in [0.15, 0.2) is 0 Å². The SMILES string of the molecule is Cc1ccc(CCC(=O)N[C@H](C(=O)NC(Cc2ccccc2)C(=O)C(N)=O)C(C)C)cc1Cl. The van der Waals surface area contributed by atoms with Crippen molar-refractivity contribution in [3.8, 4) is 0 Å². The lowest BCUT2D eigenvalue weighted by Gasteiger charge is -2.25. The fourth-order valence-corrected chi connectivity index (χ4v) is 3.53. The average molecular weight is 472 g/mol. The number of nitrogens with two attached hydrogens (primary N) is 1. The third kappa shape index (κ3) is 8.02. The van der Waals surface area contributed by atoms with Crippen molar-refractivity contribution in [2.75, 3.05) is 0 Å². The van der Waals surface area contributed by atoms with Crippen molar-refractivity contribution >= 4 is 35.1 Å². The fraction of sp³-hybridized carbons (Fsp3) is 0.360. The molecule has 2 rings (SSSR count). The molecule has 176 valence electrons. The van der Waals surface area contributed by atoms with Crippen LogP contribution in [0.4, 0.5) is 0 Å². The normalized spacial score (nSPS) is 12.6. The van der Waals surface area contributed by atoms with Gasteiger partial charge in [0, 0.05) is 17.9 Å². The van der Waals surface area contributed by atoms with E-state index in [0.717, 1.165) is 16.7 Å². The molecule has 4 N–H and O–H groups in total. The molecule has 0 saturated heterocycles. The van der Waals surface area contributed by atoms with Gasteiger partial charge < -0.3 is 16.4 Å². The molecule has 0 spiro atoms. The van der Waals surface area contributed by atoms with Crippen LogP contribution >= 0.6 is 11.6 Å². The van der Waals surface area contributed by atoms with E-state index in [2.05, 4.69) is 10.6 Å². The average Bonchev–Trinajstić information content (AvgIpc) is 2.77. The molecule has 8 heteroatoms. The van der Waals surface area contributed by atoms with Crippen LogP contribution in [0.3, 0.4) is 0 Å². The summed E-state index contributed by atoms with van der Waals surface area (Å²) in [4.78, 5) is 49.3. The van der Waals surface area contributed by atoms with Crippen LogP contribution in [-0.4, -0.2) is 35.6 Å². The molecule has 0 fully saturated rings. The topological polar surface area (TPSA) is 118 Å². The van der Waals surface area contributed by atoms with Crippen LogP contribution in [0.1, 0.15) is 37.0 Å². The maximum atomic E-state index is 13.0. The first-order valence-corrected chi connectivity index (χ1v) is 11.2. The number of ketones is 1. The number of aryl methyl sites for hydroxylation is 2. The molecule has 2 aromatic rings. The van der Waals surface area contributed by atoms with Crippen LogP contribution in [-0.2, 0) is 32.0 Å². The van der Waals surface area contributed by atoms with E-state index >= 15 is 0 Å². The van der Waals surface area contributed by atoms with Gasteiger partial charge in [-0.15, -0.1) is 0 Å². The second-order valence-corrected chi connectivity index (χ2v) is 8.76. The maximum absolute atomic E-state index is 13.0. The number of hydrogen-bond donors (Lipinski definition) is 3. The Bertz CT molecular complexity index is 1010. The van der Waals surface area contributed by atoms with Gasteiger partial charge in [-0.25, -0.2) is 0 Å². The van der Waals surface area contributed by atoms with Gasteiger partial charge in [-0.3, -0.25) is 19.2 Å². The van der Waals surface area contributed by atoms with Gasteiger partial charge in [-0.1, -0.05) is 67.9 Å². The lowest BCUT2D eigenvalue weighted by atomic mass is 9.99. The van der Waals surface area contributed by atoms with E-state index in [4.69, 9.17) is 17.3 Å². The third-order valence-corrected chi connectivity index (χ3v) is 5.71. The number of primary amides is 1. The number of hydrogen-bond acceptors (Lipinski definition) is 4. The highest BCUT2D eigenvalue weighted by atomic mass is 35.5. The molecule has 7 nitrogen and oxygen atoms in total. The number of carbonyl (C=O) groups is 4. The number of benzene rings is 2. The summed E-state index contributed by atoms with van der Waals surface area (Å²) in [6.45, 7) is 5.47. The van der Waals surface area contributed by atoms with Crippen molar-refractivity contribution < 1.29 is 19.2 Å². The van der Waals surface area contributed by atoms with E-state index < -0.39 is 29.7 Å². The van der Waals surface area contributed by atoms with Crippen LogP contribution < -0.4 is 16.4 Å². The zero-order valence-electron chi connectivity index (χ0n) is 19.1. The smallest absolute Gasteiger partial charge is 0.287 e. The summed E-state index contributed by atoms with van der Waals surface area (Å²) in [6.07, 6.45) is 0.750. The van der Waals surface area contributed by atoms with Crippen LogP contribution in [0.15, 0.2) is 48.5 Å². The summed E-state index contributed by atoms with van der Waals surface area (Å²) in [6, 6.07) is 12.6. The lowest BCUT2D eigenvalue weighted by Crippen LogP contribution is -2.55. The molecule has 0 saturated carbocycles. The van der Waals surface area contributed by atoms with Crippen LogP contribution in [0.2, 0.25) is 5.02 Å². The number of rotatable bonds is 11. The van der Waals surface area contributed by atoms with Crippen LogP contribution in [0, 0.1) is 12.8 Å². The number of amides is 3. The highest BCUT2D eigenvalue weighted by molar-refractivity contribution is 6.38. The van der Waals surface area contributed by atoms with Gasteiger partial charge in [0.1, 0.15) is 12.1 Å². The number of carbonyl (C=O) groups excluding carboxylic acids is 4. The van der Waals surface area contributed by atoms with E-state index in [1.165, 1.54) is 0 Å². The Hall–Kier alpha value is -3.19. The fourth-order valence-electron chi connectivity index (χ4n) is 3.32. The van der Waals surface area contributed by atoms with E-state index in [1.54, 1.807) is 38.1 Å². The second-order valence-electron chi connectivity index (χ2n) is 8.35. The predicted octanol–water partition coefficient (Wildman–Crippen LogP) is 2.50. The predicted molar refractivity (Wildman–Crippen MR) is 128 cm³/mol. The van der Waals surface area contributed by atoms with Crippen molar-refractivity contribution in [1.29, 1.82) is 0 Å². The van der Waals surface area contributed by atoms with Gasteiger partial charge >= 0.3 is 0 Å². The molecule has 0 aliphatic rings. The Morgan fingerprint density at radius 1 is 0.970 bits per heavy atom. The summed E-state index contributed by atoms with van der Waals surface area (Å²) in [5.41, 5.74) is 7.82. The first-order valence-electron chi connectivity index (χ1n) is 10.8. The summed E-state index contributed by atoms with van der Waals surface area (Å²) < 4.78 is 0. The third-order valence-electron chi connectivity index (χ3n) is 5.30. The zero-order chi connectivity index (χ0) is 24.5. The molecule has 0 aliphatic carbocycles. The minimum atomic E-state index is -1.13. The zero-order valence-corrected chi connectivity index (χ0v) is 19.8. The van der Waals surface area contributed by atoms with Gasteiger partial charge in [0.25, 0.3) is 5.91 Å². The lowest BCUT2D eigenvalue weighted by molar-refractivity contribution is -0.139. The molecular weight excluding hydrogens is 442 g/mol. The Labute approximate surface area is 199 Å². The second kappa shape index (κ2) is 12.2.